The lowest BCUT2D eigenvalue weighted by Gasteiger charge is -1.81. The molecule has 0 saturated heterocycles. The maximum absolute atomic E-state index is 9.69. The minimum atomic E-state index is -0.620. The Balaban J connectivity index is 3.80. The first kappa shape index (κ1) is 7.43. The third kappa shape index (κ3) is 2.58. The summed E-state index contributed by atoms with van der Waals surface area (Å²) in [4.78, 5) is 9.07. The molecule has 0 saturated carbocycles. The predicted molar refractivity (Wildman–Crippen MR) is 31.2 cm³/mol. The molecule has 0 rings (SSSR count). The zero-order valence-electron chi connectivity index (χ0n) is 4.43. The van der Waals surface area contributed by atoms with Crippen LogP contribution in [0.2, 0.25) is 0 Å². The van der Waals surface area contributed by atoms with Gasteiger partial charge < -0.3 is 0 Å². The van der Waals surface area contributed by atoms with E-state index in [0.29, 0.717) is 6.42 Å². The van der Waals surface area contributed by atoms with Crippen LogP contribution < -0.4 is 0 Å². The molecule has 0 aliphatic rings. The van der Waals surface area contributed by atoms with E-state index in [0.717, 1.165) is 0 Å². The summed E-state index contributed by atoms with van der Waals surface area (Å²) in [6, 6.07) is 0. The van der Waals surface area contributed by atoms with Crippen molar-refractivity contribution in [1.29, 1.82) is 0 Å². The summed E-state index contributed by atoms with van der Waals surface area (Å²) in [7, 11) is 0. The van der Waals surface area contributed by atoms with Crippen LogP contribution in [0.15, 0.2) is 11.2 Å². The SMILES string of the molecule is CCC=C(Cl)[N+](=O)[O-]. The van der Waals surface area contributed by atoms with E-state index in [4.69, 9.17) is 11.6 Å². The van der Waals surface area contributed by atoms with Gasteiger partial charge in [0.1, 0.15) is 0 Å². The van der Waals surface area contributed by atoms with Crippen molar-refractivity contribution in [1.82, 2.24) is 0 Å². The van der Waals surface area contributed by atoms with Crippen molar-refractivity contribution >= 4 is 11.6 Å². The molecule has 0 radical (unpaired) electrons. The molecule has 0 heterocycles. The molecule has 0 unspecified atom stereocenters. The van der Waals surface area contributed by atoms with Gasteiger partial charge in [0.2, 0.25) is 0 Å². The van der Waals surface area contributed by atoms with E-state index in [2.05, 4.69) is 0 Å². The highest BCUT2D eigenvalue weighted by atomic mass is 35.5. The lowest BCUT2D eigenvalue weighted by molar-refractivity contribution is -0.412. The fourth-order valence-corrected chi connectivity index (χ4v) is 0.397. The van der Waals surface area contributed by atoms with Crippen molar-refractivity contribution in [2.75, 3.05) is 0 Å². The molecule has 0 fully saturated rings. The molecule has 0 atom stereocenters. The predicted octanol–water partition coefficient (Wildman–Crippen LogP) is 1.75. The lowest BCUT2D eigenvalue weighted by Crippen LogP contribution is -1.89. The molecule has 0 bridgehead atoms. The van der Waals surface area contributed by atoms with E-state index >= 15 is 0 Å². The van der Waals surface area contributed by atoms with Gasteiger partial charge in [0, 0.05) is 6.08 Å². The van der Waals surface area contributed by atoms with E-state index < -0.39 is 4.92 Å². The number of rotatable bonds is 2. The van der Waals surface area contributed by atoms with Gasteiger partial charge in [-0.05, 0) is 18.0 Å². The van der Waals surface area contributed by atoms with E-state index in [-0.39, 0.29) is 5.16 Å². The van der Waals surface area contributed by atoms with Crippen molar-refractivity contribution < 1.29 is 4.92 Å². The first-order valence-corrected chi connectivity index (χ1v) is 2.56. The highest BCUT2D eigenvalue weighted by molar-refractivity contribution is 6.27. The van der Waals surface area contributed by atoms with E-state index in [9.17, 15) is 10.1 Å². The van der Waals surface area contributed by atoms with Gasteiger partial charge >= 0.3 is 5.16 Å². The number of hydrogen-bond donors (Lipinski definition) is 0. The van der Waals surface area contributed by atoms with Crippen LogP contribution in [0.4, 0.5) is 0 Å². The molecule has 3 nitrogen and oxygen atoms in total. The van der Waals surface area contributed by atoms with Crippen LogP contribution in [-0.4, -0.2) is 4.92 Å². The molecule has 0 aromatic carbocycles. The summed E-state index contributed by atoms with van der Waals surface area (Å²) >= 11 is 5.08. The van der Waals surface area contributed by atoms with E-state index in [1.807, 2.05) is 0 Å². The minimum Gasteiger partial charge on any atom is -0.257 e. The molecule has 0 aliphatic heterocycles. The summed E-state index contributed by atoms with van der Waals surface area (Å²) in [6.45, 7) is 1.78. The second kappa shape index (κ2) is 3.43. The quantitative estimate of drug-likeness (QED) is 0.329. The Bertz CT molecular complexity index is 121. The molecule has 0 spiro atoms. The fraction of sp³-hybridized carbons (Fsp3) is 0.500. The van der Waals surface area contributed by atoms with E-state index in [1.54, 1.807) is 6.92 Å². The Hall–Kier alpha value is -0.570. The average Bonchev–Trinajstić information content (AvgIpc) is 1.67. The molecular formula is C4H6ClNO2. The summed E-state index contributed by atoms with van der Waals surface area (Å²) in [6.07, 6.45) is 1.95. The monoisotopic (exact) mass is 135 g/mol. The van der Waals surface area contributed by atoms with E-state index in [1.165, 1.54) is 6.08 Å². The Morgan fingerprint density at radius 1 is 2.00 bits per heavy atom. The van der Waals surface area contributed by atoms with Crippen LogP contribution in [0.25, 0.3) is 0 Å². The second-order valence-corrected chi connectivity index (χ2v) is 1.58. The normalized spacial score (nSPS) is 11.5. The van der Waals surface area contributed by atoms with Gasteiger partial charge in [-0.25, -0.2) is 0 Å². The number of halogens is 1. The van der Waals surface area contributed by atoms with Crippen LogP contribution in [-0.2, 0) is 0 Å². The first-order valence-electron chi connectivity index (χ1n) is 2.18. The third-order valence-corrected chi connectivity index (χ3v) is 0.839. The van der Waals surface area contributed by atoms with Crippen molar-refractivity contribution in [3.63, 3.8) is 0 Å². The number of hydrogen-bond acceptors (Lipinski definition) is 2. The molecule has 0 aromatic heterocycles. The molecule has 4 heteroatoms. The summed E-state index contributed by atoms with van der Waals surface area (Å²) in [5.74, 6) is 0. The van der Waals surface area contributed by atoms with Crippen LogP contribution in [0.5, 0.6) is 0 Å². The molecule has 0 aromatic rings. The molecule has 46 valence electrons. The van der Waals surface area contributed by atoms with Crippen molar-refractivity contribution in [2.45, 2.75) is 13.3 Å². The van der Waals surface area contributed by atoms with Gasteiger partial charge in [-0.3, -0.25) is 10.1 Å². The Morgan fingerprint density at radius 3 is 2.62 bits per heavy atom. The Labute approximate surface area is 52.1 Å². The maximum Gasteiger partial charge on any atom is 0.333 e. The zero-order chi connectivity index (χ0) is 6.57. The Kier molecular flexibility index (Phi) is 3.19. The maximum atomic E-state index is 9.69. The zero-order valence-corrected chi connectivity index (χ0v) is 5.18. The van der Waals surface area contributed by atoms with Gasteiger partial charge in [0.15, 0.2) is 0 Å². The largest absolute Gasteiger partial charge is 0.333 e. The number of allylic oxidation sites excluding steroid dienone is 1. The van der Waals surface area contributed by atoms with Gasteiger partial charge in [-0.1, -0.05) is 6.92 Å². The Morgan fingerprint density at radius 2 is 2.50 bits per heavy atom. The molecule has 0 N–H and O–H groups in total. The summed E-state index contributed by atoms with van der Waals surface area (Å²) < 4.78 is 0. The standard InChI is InChI=1S/C4H6ClNO2/c1-2-3-4(5)6(7)8/h3H,2H2,1H3. The topological polar surface area (TPSA) is 43.1 Å². The van der Waals surface area contributed by atoms with Crippen LogP contribution >= 0.6 is 11.6 Å². The number of nitro groups is 1. The highest BCUT2D eigenvalue weighted by Gasteiger charge is 2.00. The second-order valence-electron chi connectivity index (χ2n) is 1.19. The fourth-order valence-electron chi connectivity index (χ4n) is 0.243. The van der Waals surface area contributed by atoms with Crippen LogP contribution in [0.1, 0.15) is 13.3 Å². The molecular weight excluding hydrogens is 130 g/mol. The summed E-state index contributed by atoms with van der Waals surface area (Å²) in [5, 5.41) is 9.40. The molecule has 0 aliphatic carbocycles. The van der Waals surface area contributed by atoms with Crippen LogP contribution in [0, 0.1) is 10.1 Å². The minimum absolute atomic E-state index is 0.299. The van der Waals surface area contributed by atoms with Gasteiger partial charge in [-0.2, -0.15) is 0 Å². The number of nitrogens with zero attached hydrogens (tertiary/aromatic N) is 1. The van der Waals surface area contributed by atoms with Gasteiger partial charge in [-0.15, -0.1) is 0 Å². The average molecular weight is 136 g/mol. The van der Waals surface area contributed by atoms with Gasteiger partial charge in [0.05, 0.1) is 4.92 Å². The van der Waals surface area contributed by atoms with Crippen molar-refractivity contribution in [3.8, 4) is 0 Å². The first-order chi connectivity index (χ1) is 3.68. The van der Waals surface area contributed by atoms with Crippen molar-refractivity contribution in [2.24, 2.45) is 0 Å². The third-order valence-electron chi connectivity index (χ3n) is 0.547. The molecule has 8 heavy (non-hydrogen) atoms. The van der Waals surface area contributed by atoms with Crippen LogP contribution in [0.3, 0.4) is 0 Å². The smallest absolute Gasteiger partial charge is 0.257 e. The van der Waals surface area contributed by atoms with Crippen molar-refractivity contribution in [3.05, 3.63) is 21.3 Å². The van der Waals surface area contributed by atoms with Gasteiger partial charge in [0.25, 0.3) is 0 Å². The highest BCUT2D eigenvalue weighted by Crippen LogP contribution is 2.01. The molecule has 0 amide bonds. The summed E-state index contributed by atoms with van der Waals surface area (Å²) in [5.41, 5.74) is 0. The lowest BCUT2D eigenvalue weighted by atomic mass is 10.5.